The number of nitriles is 1. The van der Waals surface area contributed by atoms with Crippen molar-refractivity contribution in [2.45, 2.75) is 45.1 Å². The van der Waals surface area contributed by atoms with E-state index >= 15 is 0 Å². The van der Waals surface area contributed by atoms with Crippen LogP contribution in [0.1, 0.15) is 50.6 Å². The zero-order valence-electron chi connectivity index (χ0n) is 11.2. The largest absolute Gasteiger partial charge is 0.348 e. The molecule has 1 unspecified atom stereocenters. The van der Waals surface area contributed by atoms with Crippen LogP contribution >= 0.6 is 0 Å². The van der Waals surface area contributed by atoms with Gasteiger partial charge in [0.25, 0.3) is 0 Å². The van der Waals surface area contributed by atoms with E-state index in [2.05, 4.69) is 16.4 Å². The molecule has 1 atom stereocenters. The number of nitrogens with zero attached hydrogens (tertiary/aromatic N) is 2. The lowest BCUT2D eigenvalue weighted by molar-refractivity contribution is -0.130. The Morgan fingerprint density at radius 3 is 2.79 bits per heavy atom. The van der Waals surface area contributed by atoms with Gasteiger partial charge in [-0.3, -0.25) is 9.78 Å². The molecule has 0 aliphatic heterocycles. The third-order valence-electron chi connectivity index (χ3n) is 3.89. The smallest absolute Gasteiger partial charge is 0.240 e. The van der Waals surface area contributed by atoms with Crippen LogP contribution in [0.15, 0.2) is 24.5 Å². The molecule has 0 spiro atoms. The molecule has 0 bridgehead atoms. The van der Waals surface area contributed by atoms with E-state index in [1.165, 1.54) is 0 Å². The van der Waals surface area contributed by atoms with Gasteiger partial charge in [0.05, 0.1) is 12.1 Å². The van der Waals surface area contributed by atoms with Crippen molar-refractivity contribution in [3.63, 3.8) is 0 Å². The van der Waals surface area contributed by atoms with Gasteiger partial charge in [0.1, 0.15) is 5.41 Å². The summed E-state index contributed by atoms with van der Waals surface area (Å²) in [6.07, 6.45) is 7.84. The minimum absolute atomic E-state index is 0.117. The second-order valence-electron chi connectivity index (χ2n) is 5.24. The molecule has 19 heavy (non-hydrogen) atoms. The molecule has 1 saturated carbocycles. The normalized spacial score (nSPS) is 19.2. The lowest BCUT2D eigenvalue weighted by Gasteiger charge is -2.30. The van der Waals surface area contributed by atoms with Crippen molar-refractivity contribution in [1.82, 2.24) is 10.3 Å². The van der Waals surface area contributed by atoms with Gasteiger partial charge in [-0.1, -0.05) is 25.3 Å². The Kier molecular flexibility index (Phi) is 4.16. The summed E-state index contributed by atoms with van der Waals surface area (Å²) in [4.78, 5) is 16.4. The Labute approximate surface area is 113 Å². The molecular weight excluding hydrogens is 238 g/mol. The Morgan fingerprint density at radius 1 is 1.47 bits per heavy atom. The van der Waals surface area contributed by atoms with Crippen molar-refractivity contribution in [2.75, 3.05) is 0 Å². The first-order chi connectivity index (χ1) is 9.18. The van der Waals surface area contributed by atoms with Crippen molar-refractivity contribution in [3.8, 4) is 6.07 Å². The molecule has 1 aliphatic rings. The standard InChI is InChI=1S/C15H19N3O/c1-12(13-6-5-9-17-10-13)18-14(19)15(11-16)7-3-2-4-8-15/h5-6,9-10,12H,2-4,7-8H2,1H3,(H,18,19). The van der Waals surface area contributed by atoms with E-state index in [0.717, 1.165) is 24.8 Å². The van der Waals surface area contributed by atoms with E-state index in [0.29, 0.717) is 12.8 Å². The van der Waals surface area contributed by atoms with Gasteiger partial charge in [0.2, 0.25) is 5.91 Å². The molecule has 1 fully saturated rings. The second kappa shape index (κ2) is 5.83. The summed E-state index contributed by atoms with van der Waals surface area (Å²) in [6, 6.07) is 5.90. The maximum absolute atomic E-state index is 12.4. The quantitative estimate of drug-likeness (QED) is 0.905. The van der Waals surface area contributed by atoms with Crippen molar-refractivity contribution in [1.29, 1.82) is 5.26 Å². The molecule has 1 aliphatic carbocycles. The number of pyridine rings is 1. The fourth-order valence-corrected chi connectivity index (χ4v) is 2.60. The molecule has 1 amide bonds. The third-order valence-corrected chi connectivity index (χ3v) is 3.89. The van der Waals surface area contributed by atoms with Gasteiger partial charge in [-0.2, -0.15) is 5.26 Å². The van der Waals surface area contributed by atoms with E-state index in [9.17, 15) is 10.1 Å². The lowest BCUT2D eigenvalue weighted by Crippen LogP contribution is -2.42. The van der Waals surface area contributed by atoms with Crippen LogP contribution in [0.4, 0.5) is 0 Å². The molecule has 4 nitrogen and oxygen atoms in total. The molecule has 0 saturated heterocycles. The van der Waals surface area contributed by atoms with Crippen molar-refractivity contribution < 1.29 is 4.79 Å². The highest BCUT2D eigenvalue weighted by Gasteiger charge is 2.40. The highest BCUT2D eigenvalue weighted by Crippen LogP contribution is 2.36. The Hall–Kier alpha value is -1.89. The fourth-order valence-electron chi connectivity index (χ4n) is 2.60. The Morgan fingerprint density at radius 2 is 2.21 bits per heavy atom. The summed E-state index contributed by atoms with van der Waals surface area (Å²) < 4.78 is 0. The summed E-state index contributed by atoms with van der Waals surface area (Å²) in [7, 11) is 0. The van der Waals surface area contributed by atoms with Gasteiger partial charge in [0.15, 0.2) is 0 Å². The summed E-state index contributed by atoms with van der Waals surface area (Å²) >= 11 is 0. The average Bonchev–Trinajstić information content (AvgIpc) is 2.48. The molecular formula is C15H19N3O. The predicted octanol–water partition coefficient (Wildman–Crippen LogP) is 2.73. The molecule has 100 valence electrons. The summed E-state index contributed by atoms with van der Waals surface area (Å²) in [5.74, 6) is -0.133. The average molecular weight is 257 g/mol. The predicted molar refractivity (Wildman–Crippen MR) is 71.9 cm³/mol. The van der Waals surface area contributed by atoms with Gasteiger partial charge < -0.3 is 5.32 Å². The molecule has 1 N–H and O–H groups in total. The number of hydrogen-bond donors (Lipinski definition) is 1. The lowest BCUT2D eigenvalue weighted by atomic mass is 9.74. The molecule has 1 aromatic heterocycles. The van der Waals surface area contributed by atoms with Crippen molar-refractivity contribution in [3.05, 3.63) is 30.1 Å². The van der Waals surface area contributed by atoms with Gasteiger partial charge in [-0.15, -0.1) is 0 Å². The van der Waals surface area contributed by atoms with Crippen LogP contribution in [0, 0.1) is 16.7 Å². The van der Waals surface area contributed by atoms with E-state index in [-0.39, 0.29) is 11.9 Å². The SMILES string of the molecule is CC(NC(=O)C1(C#N)CCCCC1)c1cccnc1. The van der Waals surface area contributed by atoms with Gasteiger partial charge in [-0.05, 0) is 31.4 Å². The highest BCUT2D eigenvalue weighted by molar-refractivity contribution is 5.85. The van der Waals surface area contributed by atoms with Crippen LogP contribution in [0.2, 0.25) is 0 Å². The molecule has 2 rings (SSSR count). The van der Waals surface area contributed by atoms with Gasteiger partial charge in [-0.25, -0.2) is 0 Å². The molecule has 0 aromatic carbocycles. The number of carbonyl (C=O) groups is 1. The zero-order chi connectivity index (χ0) is 13.7. The van der Waals surface area contributed by atoms with Gasteiger partial charge in [0, 0.05) is 12.4 Å². The third kappa shape index (κ3) is 2.93. The number of amides is 1. The Bertz CT molecular complexity index is 472. The number of aromatic nitrogens is 1. The number of nitrogens with one attached hydrogen (secondary N) is 1. The van der Waals surface area contributed by atoms with E-state index in [4.69, 9.17) is 0 Å². The van der Waals surface area contributed by atoms with Crippen LogP contribution in [0.25, 0.3) is 0 Å². The van der Waals surface area contributed by atoms with Crippen molar-refractivity contribution >= 4 is 5.91 Å². The maximum atomic E-state index is 12.4. The van der Waals surface area contributed by atoms with Gasteiger partial charge >= 0.3 is 0 Å². The van der Waals surface area contributed by atoms with Crippen LogP contribution in [-0.4, -0.2) is 10.9 Å². The minimum Gasteiger partial charge on any atom is -0.348 e. The summed E-state index contributed by atoms with van der Waals surface area (Å²) in [6.45, 7) is 1.92. The van der Waals surface area contributed by atoms with Crippen LogP contribution < -0.4 is 5.32 Å². The zero-order valence-corrected chi connectivity index (χ0v) is 11.2. The van der Waals surface area contributed by atoms with E-state index in [1.54, 1.807) is 12.4 Å². The summed E-state index contributed by atoms with van der Waals surface area (Å²) in [5, 5.41) is 12.3. The van der Waals surface area contributed by atoms with Crippen molar-refractivity contribution in [2.24, 2.45) is 5.41 Å². The Balaban J connectivity index is 2.06. The maximum Gasteiger partial charge on any atom is 0.240 e. The fraction of sp³-hybridized carbons (Fsp3) is 0.533. The number of hydrogen-bond acceptors (Lipinski definition) is 3. The molecule has 4 heteroatoms. The van der Waals surface area contributed by atoms with Crippen LogP contribution in [-0.2, 0) is 4.79 Å². The number of carbonyl (C=O) groups excluding carboxylic acids is 1. The summed E-state index contributed by atoms with van der Waals surface area (Å²) in [5.41, 5.74) is 0.133. The topological polar surface area (TPSA) is 65.8 Å². The monoisotopic (exact) mass is 257 g/mol. The van der Waals surface area contributed by atoms with Crippen LogP contribution in [0.5, 0.6) is 0 Å². The van der Waals surface area contributed by atoms with Crippen LogP contribution in [0.3, 0.4) is 0 Å². The number of rotatable bonds is 3. The highest BCUT2D eigenvalue weighted by atomic mass is 16.2. The second-order valence-corrected chi connectivity index (χ2v) is 5.24. The first-order valence-corrected chi connectivity index (χ1v) is 6.80. The first kappa shape index (κ1) is 13.5. The first-order valence-electron chi connectivity index (χ1n) is 6.80. The molecule has 0 radical (unpaired) electrons. The van der Waals surface area contributed by atoms with E-state index < -0.39 is 5.41 Å². The van der Waals surface area contributed by atoms with E-state index in [1.807, 2.05) is 19.1 Å². The molecule has 1 heterocycles. The molecule has 1 aromatic rings. The minimum atomic E-state index is -0.825.